The Labute approximate surface area is 158 Å². The number of para-hydroxylation sites is 2. The molecule has 2 rings (SSSR count). The van der Waals surface area contributed by atoms with Crippen LogP contribution in [0, 0.1) is 13.8 Å². The molecule has 0 saturated carbocycles. The molecule has 2 N–H and O–H groups in total. The lowest BCUT2D eigenvalue weighted by atomic mass is 10.1. The van der Waals surface area contributed by atoms with Gasteiger partial charge >= 0.3 is 17.8 Å². The van der Waals surface area contributed by atoms with Gasteiger partial charge in [-0.3, -0.25) is 9.59 Å². The summed E-state index contributed by atoms with van der Waals surface area (Å²) in [7, 11) is 0. The van der Waals surface area contributed by atoms with Crippen molar-refractivity contribution in [2.75, 3.05) is 17.2 Å². The van der Waals surface area contributed by atoms with Crippen molar-refractivity contribution in [3.63, 3.8) is 0 Å². The molecule has 6 nitrogen and oxygen atoms in total. The smallest absolute Gasteiger partial charge is 0.340 e. The fraction of sp³-hybridized carbons (Fsp3) is 0.286. The van der Waals surface area contributed by atoms with Crippen LogP contribution in [0.1, 0.15) is 41.3 Å². The highest BCUT2D eigenvalue weighted by atomic mass is 16.5. The van der Waals surface area contributed by atoms with Gasteiger partial charge in [-0.25, -0.2) is 4.79 Å². The van der Waals surface area contributed by atoms with Gasteiger partial charge in [0, 0.05) is 5.69 Å². The van der Waals surface area contributed by atoms with Crippen molar-refractivity contribution >= 4 is 29.2 Å². The molecule has 2 amide bonds. The number of ether oxygens (including phenoxy) is 1. The Bertz CT molecular complexity index is 826. The summed E-state index contributed by atoms with van der Waals surface area (Å²) in [6.07, 6.45) is 1.67. The van der Waals surface area contributed by atoms with Gasteiger partial charge in [0.05, 0.1) is 17.9 Å². The maximum Gasteiger partial charge on any atom is 0.340 e. The molecule has 6 heteroatoms. The first kappa shape index (κ1) is 20.2. The Morgan fingerprint density at radius 1 is 0.889 bits per heavy atom. The number of carbonyl (C=O) groups excluding carboxylic acids is 3. The molecule has 0 heterocycles. The monoisotopic (exact) mass is 368 g/mol. The molecule has 0 aliphatic carbocycles. The molecule has 0 unspecified atom stereocenters. The average Bonchev–Trinajstić information content (AvgIpc) is 2.65. The van der Waals surface area contributed by atoms with Crippen LogP contribution >= 0.6 is 0 Å². The largest absolute Gasteiger partial charge is 0.462 e. The highest BCUT2D eigenvalue weighted by Gasteiger charge is 2.19. The van der Waals surface area contributed by atoms with Gasteiger partial charge in [-0.2, -0.15) is 0 Å². The van der Waals surface area contributed by atoms with E-state index in [9.17, 15) is 14.4 Å². The van der Waals surface area contributed by atoms with E-state index in [0.717, 1.165) is 24.0 Å². The number of nitrogens with one attached hydrogen (secondary N) is 2. The molecule has 0 aliphatic heterocycles. The Hall–Kier alpha value is -3.15. The third kappa shape index (κ3) is 5.41. The number of hydrogen-bond donors (Lipinski definition) is 2. The van der Waals surface area contributed by atoms with Gasteiger partial charge in [-0.05, 0) is 43.5 Å². The van der Waals surface area contributed by atoms with Crippen LogP contribution in [0.3, 0.4) is 0 Å². The molecule has 0 radical (unpaired) electrons. The van der Waals surface area contributed by atoms with E-state index < -0.39 is 17.8 Å². The topological polar surface area (TPSA) is 84.5 Å². The van der Waals surface area contributed by atoms with Crippen LogP contribution in [0.2, 0.25) is 0 Å². The van der Waals surface area contributed by atoms with Gasteiger partial charge in [0.15, 0.2) is 0 Å². The van der Waals surface area contributed by atoms with Crippen LogP contribution in [-0.2, 0) is 14.3 Å². The van der Waals surface area contributed by atoms with Gasteiger partial charge < -0.3 is 15.4 Å². The molecule has 0 spiro atoms. The van der Waals surface area contributed by atoms with Crippen molar-refractivity contribution in [3.8, 4) is 0 Å². The van der Waals surface area contributed by atoms with E-state index in [2.05, 4.69) is 10.6 Å². The van der Waals surface area contributed by atoms with Crippen molar-refractivity contribution in [3.05, 3.63) is 59.2 Å². The van der Waals surface area contributed by atoms with Crippen LogP contribution in [0.25, 0.3) is 0 Å². The highest BCUT2D eigenvalue weighted by Crippen LogP contribution is 2.20. The van der Waals surface area contributed by atoms with Crippen molar-refractivity contribution < 1.29 is 19.1 Å². The van der Waals surface area contributed by atoms with Crippen LogP contribution in [-0.4, -0.2) is 24.4 Å². The number of amides is 2. The van der Waals surface area contributed by atoms with Crippen LogP contribution in [0.4, 0.5) is 11.4 Å². The van der Waals surface area contributed by atoms with Crippen molar-refractivity contribution in [2.24, 2.45) is 0 Å². The second-order valence-electron chi connectivity index (χ2n) is 6.21. The lowest BCUT2D eigenvalue weighted by Gasteiger charge is -2.13. The van der Waals surface area contributed by atoms with E-state index in [1.165, 1.54) is 0 Å². The maximum absolute atomic E-state index is 12.3. The minimum atomic E-state index is -0.855. The van der Waals surface area contributed by atoms with E-state index in [1.54, 1.807) is 24.3 Å². The Balaban J connectivity index is 2.09. The second kappa shape index (κ2) is 9.52. The van der Waals surface area contributed by atoms with Gasteiger partial charge in [0.25, 0.3) is 0 Å². The van der Waals surface area contributed by atoms with E-state index in [0.29, 0.717) is 12.3 Å². The second-order valence-corrected chi connectivity index (χ2v) is 6.21. The zero-order valence-corrected chi connectivity index (χ0v) is 15.8. The summed E-state index contributed by atoms with van der Waals surface area (Å²) >= 11 is 0. The van der Waals surface area contributed by atoms with Gasteiger partial charge in [0.1, 0.15) is 0 Å². The standard InChI is InChI=1S/C21H24N2O4/c1-4-5-13-27-21(26)16-11-6-7-12-17(16)22-19(24)20(25)23-18-14(2)9-8-10-15(18)3/h6-12H,4-5,13H2,1-3H3,(H,22,24)(H,23,25). The summed E-state index contributed by atoms with van der Waals surface area (Å²) in [4.78, 5) is 36.8. The normalized spacial score (nSPS) is 10.2. The number of hydrogen-bond acceptors (Lipinski definition) is 4. The number of unbranched alkanes of at least 4 members (excludes halogenated alkanes) is 1. The molecule has 0 bridgehead atoms. The third-order valence-corrected chi connectivity index (χ3v) is 4.05. The Kier molecular flexibility index (Phi) is 7.11. The number of benzene rings is 2. The number of aryl methyl sites for hydroxylation is 2. The molecule has 2 aromatic carbocycles. The fourth-order valence-electron chi connectivity index (χ4n) is 2.52. The lowest BCUT2D eigenvalue weighted by molar-refractivity contribution is -0.133. The predicted molar refractivity (Wildman–Crippen MR) is 105 cm³/mol. The zero-order chi connectivity index (χ0) is 19.8. The lowest BCUT2D eigenvalue weighted by Crippen LogP contribution is -2.30. The quantitative estimate of drug-likeness (QED) is 0.461. The number of anilines is 2. The molecule has 0 saturated heterocycles. The number of esters is 1. The van der Waals surface area contributed by atoms with Gasteiger partial charge in [-0.15, -0.1) is 0 Å². The molecule has 142 valence electrons. The summed E-state index contributed by atoms with van der Waals surface area (Å²) in [6, 6.07) is 12.0. The van der Waals surface area contributed by atoms with E-state index in [-0.39, 0.29) is 11.3 Å². The third-order valence-electron chi connectivity index (χ3n) is 4.05. The summed E-state index contributed by atoms with van der Waals surface area (Å²) in [5.41, 5.74) is 2.76. The zero-order valence-electron chi connectivity index (χ0n) is 15.8. The van der Waals surface area contributed by atoms with E-state index in [1.807, 2.05) is 39.0 Å². The molecule has 0 aliphatic rings. The molecule has 27 heavy (non-hydrogen) atoms. The molecule has 0 aromatic heterocycles. The SMILES string of the molecule is CCCCOC(=O)c1ccccc1NC(=O)C(=O)Nc1c(C)cccc1C. The minimum Gasteiger partial charge on any atom is -0.462 e. The summed E-state index contributed by atoms with van der Waals surface area (Å²) in [6.45, 7) is 6.01. The first-order valence-corrected chi connectivity index (χ1v) is 8.88. The first-order valence-electron chi connectivity index (χ1n) is 8.88. The maximum atomic E-state index is 12.3. The van der Waals surface area contributed by atoms with Crippen molar-refractivity contribution in [1.82, 2.24) is 0 Å². The van der Waals surface area contributed by atoms with Crippen LogP contribution < -0.4 is 10.6 Å². The first-order chi connectivity index (χ1) is 12.9. The van der Waals surface area contributed by atoms with Crippen LogP contribution in [0.5, 0.6) is 0 Å². The molecule has 0 atom stereocenters. The predicted octanol–water partition coefficient (Wildman–Crippen LogP) is 3.84. The highest BCUT2D eigenvalue weighted by molar-refractivity contribution is 6.44. The van der Waals surface area contributed by atoms with Gasteiger partial charge in [-0.1, -0.05) is 43.7 Å². The van der Waals surface area contributed by atoms with Gasteiger partial charge in [0.2, 0.25) is 0 Å². The van der Waals surface area contributed by atoms with E-state index in [4.69, 9.17) is 4.74 Å². The molecule has 0 fully saturated rings. The van der Waals surface area contributed by atoms with Crippen LogP contribution in [0.15, 0.2) is 42.5 Å². The Morgan fingerprint density at radius 2 is 1.52 bits per heavy atom. The molecular formula is C21H24N2O4. The number of carbonyl (C=O) groups is 3. The number of rotatable bonds is 6. The fourth-order valence-corrected chi connectivity index (χ4v) is 2.52. The minimum absolute atomic E-state index is 0.210. The summed E-state index contributed by atoms with van der Waals surface area (Å²) in [5.74, 6) is -2.19. The average molecular weight is 368 g/mol. The molecule has 2 aromatic rings. The Morgan fingerprint density at radius 3 is 2.19 bits per heavy atom. The summed E-state index contributed by atoms with van der Waals surface area (Å²) < 4.78 is 5.19. The summed E-state index contributed by atoms with van der Waals surface area (Å²) in [5, 5.41) is 5.11. The molecular weight excluding hydrogens is 344 g/mol. The van der Waals surface area contributed by atoms with Crippen molar-refractivity contribution in [2.45, 2.75) is 33.6 Å². The van der Waals surface area contributed by atoms with E-state index >= 15 is 0 Å². The van der Waals surface area contributed by atoms with Crippen molar-refractivity contribution in [1.29, 1.82) is 0 Å².